The molecule has 0 amide bonds. The van der Waals surface area contributed by atoms with E-state index in [0.717, 1.165) is 11.5 Å². The van der Waals surface area contributed by atoms with Crippen molar-refractivity contribution in [2.75, 3.05) is 0 Å². The highest BCUT2D eigenvalue weighted by molar-refractivity contribution is 5.86. The molecule has 0 heterocycles. The van der Waals surface area contributed by atoms with Gasteiger partial charge in [-0.15, -0.1) is 0 Å². The second-order valence-electron chi connectivity index (χ2n) is 7.33. The monoisotopic (exact) mass is 390 g/mol. The van der Waals surface area contributed by atoms with Crippen molar-refractivity contribution in [2.45, 2.75) is 13.2 Å². The summed E-state index contributed by atoms with van der Waals surface area (Å²) >= 11 is 0. The summed E-state index contributed by atoms with van der Waals surface area (Å²) in [5.41, 5.74) is 2.37. The van der Waals surface area contributed by atoms with Crippen LogP contribution in [0.2, 0.25) is 0 Å². The van der Waals surface area contributed by atoms with Crippen LogP contribution >= 0.6 is 0 Å². The van der Waals surface area contributed by atoms with Gasteiger partial charge in [0.15, 0.2) is 0 Å². The lowest BCUT2D eigenvalue weighted by atomic mass is 10.1. The third kappa shape index (κ3) is 3.85. The molecule has 0 aliphatic carbocycles. The number of hydrogen-bond acceptors (Lipinski definition) is 2. The average Bonchev–Trinajstić information content (AvgIpc) is 2.82. The van der Waals surface area contributed by atoms with Gasteiger partial charge in [-0.05, 0) is 56.9 Å². The second-order valence-corrected chi connectivity index (χ2v) is 7.33. The fourth-order valence-corrected chi connectivity index (χ4v) is 3.79. The molecule has 5 rings (SSSR count). The van der Waals surface area contributed by atoms with Gasteiger partial charge in [0.05, 0.1) is 0 Å². The Morgan fingerprint density at radius 3 is 1.27 bits per heavy atom. The molecule has 2 nitrogen and oxygen atoms in total. The Morgan fingerprint density at radius 2 is 0.800 bits per heavy atom. The zero-order valence-electron chi connectivity index (χ0n) is 16.6. The van der Waals surface area contributed by atoms with Crippen LogP contribution < -0.4 is 9.47 Å². The first kappa shape index (κ1) is 18.3. The molecule has 0 N–H and O–H groups in total. The van der Waals surface area contributed by atoms with E-state index in [1.54, 1.807) is 0 Å². The summed E-state index contributed by atoms with van der Waals surface area (Å²) < 4.78 is 12.0. The normalized spacial score (nSPS) is 10.9. The molecule has 0 radical (unpaired) electrons. The summed E-state index contributed by atoms with van der Waals surface area (Å²) in [6.07, 6.45) is 0. The van der Waals surface area contributed by atoms with Crippen LogP contribution in [-0.2, 0) is 13.2 Å². The smallest absolute Gasteiger partial charge is 0.120 e. The molecule has 0 saturated heterocycles. The van der Waals surface area contributed by atoms with Gasteiger partial charge >= 0.3 is 0 Å². The maximum Gasteiger partial charge on any atom is 0.120 e. The van der Waals surface area contributed by atoms with E-state index in [0.29, 0.717) is 13.2 Å². The van der Waals surface area contributed by atoms with Crippen LogP contribution in [0.25, 0.3) is 21.5 Å². The highest BCUT2D eigenvalue weighted by Crippen LogP contribution is 2.24. The van der Waals surface area contributed by atoms with Crippen molar-refractivity contribution in [1.82, 2.24) is 0 Å². The van der Waals surface area contributed by atoms with E-state index < -0.39 is 0 Å². The number of hydrogen-bond donors (Lipinski definition) is 0. The van der Waals surface area contributed by atoms with E-state index in [2.05, 4.69) is 84.9 Å². The first-order chi connectivity index (χ1) is 14.9. The zero-order valence-corrected chi connectivity index (χ0v) is 16.6. The van der Waals surface area contributed by atoms with Crippen LogP contribution in [0.4, 0.5) is 0 Å². The maximum absolute atomic E-state index is 6.02. The third-order valence-electron chi connectivity index (χ3n) is 5.37. The van der Waals surface area contributed by atoms with Crippen LogP contribution in [0, 0.1) is 0 Å². The molecule has 0 aromatic heterocycles. The van der Waals surface area contributed by atoms with Gasteiger partial charge in [-0.1, -0.05) is 84.9 Å². The number of ether oxygens (including phenoxy) is 2. The molecular formula is C28H22O2. The van der Waals surface area contributed by atoms with Gasteiger partial charge in [0.25, 0.3) is 0 Å². The van der Waals surface area contributed by atoms with Crippen molar-refractivity contribution in [3.8, 4) is 11.5 Å². The van der Waals surface area contributed by atoms with Gasteiger partial charge in [-0.25, -0.2) is 0 Å². The Morgan fingerprint density at radius 1 is 0.400 bits per heavy atom. The summed E-state index contributed by atoms with van der Waals surface area (Å²) in [4.78, 5) is 0. The molecule has 0 saturated carbocycles. The molecule has 0 atom stereocenters. The first-order valence-electron chi connectivity index (χ1n) is 10.2. The van der Waals surface area contributed by atoms with Crippen molar-refractivity contribution < 1.29 is 9.47 Å². The van der Waals surface area contributed by atoms with Crippen molar-refractivity contribution in [3.63, 3.8) is 0 Å². The highest BCUT2D eigenvalue weighted by Gasteiger charge is 2.04. The van der Waals surface area contributed by atoms with E-state index in [9.17, 15) is 0 Å². The lowest BCUT2D eigenvalue weighted by Crippen LogP contribution is -1.98. The number of rotatable bonds is 6. The zero-order chi connectivity index (χ0) is 20.2. The van der Waals surface area contributed by atoms with Gasteiger partial charge in [0, 0.05) is 0 Å². The van der Waals surface area contributed by atoms with Crippen molar-refractivity contribution in [1.29, 1.82) is 0 Å². The summed E-state index contributed by atoms with van der Waals surface area (Å²) in [5, 5.41) is 4.93. The van der Waals surface area contributed by atoms with Gasteiger partial charge in [0.1, 0.15) is 24.7 Å². The minimum atomic E-state index is 0.539. The standard InChI is InChI=1S/C28H22O2/c1-3-13-27-21(7-1)9-5-11-23(27)19-29-25-15-17-26(18-16-25)30-20-24-12-6-10-22-8-2-4-14-28(22)24/h1-18H,19-20H2. The molecule has 0 aliphatic rings. The SMILES string of the molecule is c1ccc2c(COc3ccc(OCc4cccc5ccccc45)cc3)cccc2c1. The predicted molar refractivity (Wildman–Crippen MR) is 123 cm³/mol. The van der Waals surface area contributed by atoms with Crippen LogP contribution in [0.1, 0.15) is 11.1 Å². The van der Waals surface area contributed by atoms with E-state index in [1.807, 2.05) is 24.3 Å². The Bertz CT molecular complexity index is 1180. The molecule has 0 spiro atoms. The maximum atomic E-state index is 6.02. The minimum absolute atomic E-state index is 0.539. The topological polar surface area (TPSA) is 18.5 Å². The molecule has 2 heteroatoms. The Kier molecular flexibility index (Phi) is 5.05. The molecule has 0 fully saturated rings. The highest BCUT2D eigenvalue weighted by atomic mass is 16.5. The fraction of sp³-hybridized carbons (Fsp3) is 0.0714. The lowest BCUT2D eigenvalue weighted by Gasteiger charge is -2.11. The molecule has 0 aliphatic heterocycles. The molecule has 0 bridgehead atoms. The Hall–Kier alpha value is -3.78. The molecule has 146 valence electrons. The van der Waals surface area contributed by atoms with E-state index in [-0.39, 0.29) is 0 Å². The fourth-order valence-electron chi connectivity index (χ4n) is 3.79. The van der Waals surface area contributed by atoms with Crippen LogP contribution in [-0.4, -0.2) is 0 Å². The number of benzene rings is 5. The summed E-state index contributed by atoms with van der Waals surface area (Å²) in [5.74, 6) is 1.67. The Balaban J connectivity index is 1.24. The summed E-state index contributed by atoms with van der Waals surface area (Å²) in [6, 6.07) is 37.3. The molecule has 0 unspecified atom stereocenters. The van der Waals surface area contributed by atoms with Gasteiger partial charge in [0.2, 0.25) is 0 Å². The average molecular weight is 390 g/mol. The van der Waals surface area contributed by atoms with E-state index in [1.165, 1.54) is 32.7 Å². The van der Waals surface area contributed by atoms with Crippen LogP contribution in [0.3, 0.4) is 0 Å². The van der Waals surface area contributed by atoms with Crippen LogP contribution in [0.15, 0.2) is 109 Å². The molecule has 5 aromatic carbocycles. The quantitative estimate of drug-likeness (QED) is 0.306. The molecule has 30 heavy (non-hydrogen) atoms. The predicted octanol–water partition coefficient (Wildman–Crippen LogP) is 7.15. The molecule has 5 aromatic rings. The van der Waals surface area contributed by atoms with E-state index >= 15 is 0 Å². The van der Waals surface area contributed by atoms with Gasteiger partial charge in [-0.3, -0.25) is 0 Å². The summed E-state index contributed by atoms with van der Waals surface area (Å²) in [7, 11) is 0. The molecular weight excluding hydrogens is 368 g/mol. The first-order valence-corrected chi connectivity index (χ1v) is 10.2. The van der Waals surface area contributed by atoms with Crippen molar-refractivity contribution in [3.05, 3.63) is 120 Å². The minimum Gasteiger partial charge on any atom is -0.489 e. The largest absolute Gasteiger partial charge is 0.489 e. The third-order valence-corrected chi connectivity index (χ3v) is 5.37. The number of fused-ring (bicyclic) bond motifs is 2. The Labute approximate surface area is 176 Å². The van der Waals surface area contributed by atoms with Crippen LogP contribution in [0.5, 0.6) is 11.5 Å². The summed E-state index contributed by atoms with van der Waals surface area (Å²) in [6.45, 7) is 1.08. The van der Waals surface area contributed by atoms with Crippen molar-refractivity contribution in [2.24, 2.45) is 0 Å². The lowest BCUT2D eigenvalue weighted by molar-refractivity contribution is 0.298. The second kappa shape index (κ2) is 8.30. The van der Waals surface area contributed by atoms with Gasteiger partial charge < -0.3 is 9.47 Å². The van der Waals surface area contributed by atoms with E-state index in [4.69, 9.17) is 9.47 Å². The van der Waals surface area contributed by atoms with Crippen molar-refractivity contribution >= 4 is 21.5 Å². The van der Waals surface area contributed by atoms with Gasteiger partial charge in [-0.2, -0.15) is 0 Å².